The molecule has 0 radical (unpaired) electrons. The molecule has 0 aliphatic heterocycles. The quantitative estimate of drug-likeness (QED) is 0.707. The Morgan fingerprint density at radius 3 is 2.39 bits per heavy atom. The van der Waals surface area contributed by atoms with Gasteiger partial charge in [0.1, 0.15) is 0 Å². The molecule has 0 bridgehead atoms. The number of aliphatic hydroxyl groups is 2. The molecule has 2 heteroatoms. The van der Waals surface area contributed by atoms with E-state index in [0.717, 1.165) is 31.6 Å². The summed E-state index contributed by atoms with van der Waals surface area (Å²) < 4.78 is 0. The number of hydrogen-bond donors (Lipinski definition) is 2. The van der Waals surface area contributed by atoms with Crippen LogP contribution in [0.1, 0.15) is 92.4 Å². The molecule has 0 saturated heterocycles. The number of rotatable bonds is 6. The molecule has 5 unspecified atom stereocenters. The van der Waals surface area contributed by atoms with Crippen LogP contribution in [0, 0.1) is 28.6 Å². The van der Waals surface area contributed by atoms with E-state index in [1.165, 1.54) is 32.1 Å². The molecule has 0 amide bonds. The molecule has 2 aliphatic carbocycles. The van der Waals surface area contributed by atoms with Gasteiger partial charge in [0.15, 0.2) is 0 Å². The van der Waals surface area contributed by atoms with Crippen molar-refractivity contribution in [3.05, 3.63) is 0 Å². The van der Waals surface area contributed by atoms with Gasteiger partial charge >= 0.3 is 0 Å². The Labute approximate surface area is 144 Å². The first-order valence-electron chi connectivity index (χ1n) is 9.97. The van der Waals surface area contributed by atoms with E-state index in [-0.39, 0.29) is 0 Å². The molecule has 136 valence electrons. The number of aliphatic hydroxyl groups excluding tert-OH is 1. The monoisotopic (exact) mass is 324 g/mol. The summed E-state index contributed by atoms with van der Waals surface area (Å²) in [4.78, 5) is 0. The van der Waals surface area contributed by atoms with Gasteiger partial charge in [-0.15, -0.1) is 0 Å². The van der Waals surface area contributed by atoms with Crippen molar-refractivity contribution in [2.75, 3.05) is 6.61 Å². The molecule has 0 spiro atoms. The second kappa shape index (κ2) is 7.04. The molecule has 2 fully saturated rings. The van der Waals surface area contributed by atoms with E-state index in [1.54, 1.807) is 0 Å². The van der Waals surface area contributed by atoms with Crippen LogP contribution in [-0.4, -0.2) is 22.4 Å². The van der Waals surface area contributed by atoms with Crippen LogP contribution in [0.5, 0.6) is 0 Å². The van der Waals surface area contributed by atoms with E-state index in [0.29, 0.717) is 29.3 Å². The molecular weight excluding hydrogens is 284 g/mol. The van der Waals surface area contributed by atoms with Crippen molar-refractivity contribution in [2.45, 2.75) is 98.0 Å². The second-order valence-electron chi connectivity index (χ2n) is 9.90. The Morgan fingerprint density at radius 2 is 1.74 bits per heavy atom. The highest BCUT2D eigenvalue weighted by Crippen LogP contribution is 2.63. The minimum atomic E-state index is -0.505. The smallest absolute Gasteiger partial charge is 0.0653 e. The van der Waals surface area contributed by atoms with Gasteiger partial charge in [0.05, 0.1) is 5.60 Å². The summed E-state index contributed by atoms with van der Waals surface area (Å²) in [6.45, 7) is 12.1. The third-order valence-electron chi connectivity index (χ3n) is 7.57. The predicted molar refractivity (Wildman–Crippen MR) is 97.3 cm³/mol. The van der Waals surface area contributed by atoms with Gasteiger partial charge in [0.25, 0.3) is 0 Å². The van der Waals surface area contributed by atoms with Gasteiger partial charge in [-0.1, -0.05) is 40.5 Å². The van der Waals surface area contributed by atoms with E-state index in [1.807, 2.05) is 0 Å². The topological polar surface area (TPSA) is 40.5 Å². The summed E-state index contributed by atoms with van der Waals surface area (Å²) in [5.74, 6) is 1.82. The van der Waals surface area contributed by atoms with Crippen molar-refractivity contribution in [1.82, 2.24) is 0 Å². The molecule has 2 rings (SSSR count). The van der Waals surface area contributed by atoms with Crippen LogP contribution in [-0.2, 0) is 0 Å². The van der Waals surface area contributed by atoms with E-state index < -0.39 is 5.60 Å². The Bertz CT molecular complexity index is 387. The first-order chi connectivity index (χ1) is 10.6. The molecule has 0 aromatic carbocycles. The zero-order valence-electron chi connectivity index (χ0n) is 16.2. The fraction of sp³-hybridized carbons (Fsp3) is 1.00. The fourth-order valence-corrected chi connectivity index (χ4v) is 6.30. The molecule has 0 aromatic heterocycles. The molecular formula is C21H40O2. The van der Waals surface area contributed by atoms with Gasteiger partial charge in [-0.05, 0) is 80.5 Å². The maximum atomic E-state index is 11.2. The molecule has 0 aromatic rings. The van der Waals surface area contributed by atoms with Crippen LogP contribution in [0.2, 0.25) is 0 Å². The van der Waals surface area contributed by atoms with E-state index in [4.69, 9.17) is 5.11 Å². The Morgan fingerprint density at radius 1 is 1.04 bits per heavy atom. The largest absolute Gasteiger partial charge is 0.396 e. The molecule has 23 heavy (non-hydrogen) atoms. The fourth-order valence-electron chi connectivity index (χ4n) is 6.30. The zero-order chi connectivity index (χ0) is 17.3. The van der Waals surface area contributed by atoms with Crippen molar-refractivity contribution < 1.29 is 10.2 Å². The molecule has 2 nitrogen and oxygen atoms in total. The van der Waals surface area contributed by atoms with Gasteiger partial charge in [-0.2, -0.15) is 0 Å². The van der Waals surface area contributed by atoms with Crippen molar-refractivity contribution in [2.24, 2.45) is 28.6 Å². The lowest BCUT2D eigenvalue weighted by atomic mass is 9.45. The summed E-state index contributed by atoms with van der Waals surface area (Å²) >= 11 is 0. The summed E-state index contributed by atoms with van der Waals surface area (Å²) in [7, 11) is 0. The zero-order valence-corrected chi connectivity index (χ0v) is 16.2. The van der Waals surface area contributed by atoms with Crippen LogP contribution in [0.3, 0.4) is 0 Å². The average Bonchev–Trinajstić information content (AvgIpc) is 2.42. The summed E-state index contributed by atoms with van der Waals surface area (Å²) in [5, 5.41) is 20.2. The maximum Gasteiger partial charge on any atom is 0.0653 e. The van der Waals surface area contributed by atoms with Crippen molar-refractivity contribution in [1.29, 1.82) is 0 Å². The van der Waals surface area contributed by atoms with Gasteiger partial charge in [0, 0.05) is 6.61 Å². The molecule has 2 aliphatic rings. The third-order valence-corrected chi connectivity index (χ3v) is 7.57. The van der Waals surface area contributed by atoms with E-state index in [9.17, 15) is 5.11 Å². The lowest BCUT2D eigenvalue weighted by Crippen LogP contribution is -2.57. The van der Waals surface area contributed by atoms with Crippen LogP contribution in [0.4, 0.5) is 0 Å². The van der Waals surface area contributed by atoms with Gasteiger partial charge in [-0.25, -0.2) is 0 Å². The normalized spacial score (nSPS) is 41.3. The van der Waals surface area contributed by atoms with E-state index >= 15 is 0 Å². The standard InChI is InChI=1S/C21H40O2/c1-16(8-6-15-22)9-10-18-20(4)13-7-12-19(2,3)17(20)11-14-21(18,5)23/h16-18,22-23H,6-15H2,1-5H3. The highest BCUT2D eigenvalue weighted by Gasteiger charge is 2.57. The van der Waals surface area contributed by atoms with Crippen LogP contribution < -0.4 is 0 Å². The van der Waals surface area contributed by atoms with E-state index in [2.05, 4.69) is 34.6 Å². The lowest BCUT2D eigenvalue weighted by molar-refractivity contribution is -0.170. The first-order valence-corrected chi connectivity index (χ1v) is 9.97. The highest BCUT2D eigenvalue weighted by molar-refractivity contribution is 5.07. The SMILES string of the molecule is CC(CCCO)CCC1C(C)(O)CCC2C(C)(C)CCCC21C. The third kappa shape index (κ3) is 3.95. The Hall–Kier alpha value is -0.0800. The van der Waals surface area contributed by atoms with Gasteiger partial charge < -0.3 is 10.2 Å². The molecule has 2 N–H and O–H groups in total. The molecule has 2 saturated carbocycles. The highest BCUT2D eigenvalue weighted by atomic mass is 16.3. The van der Waals surface area contributed by atoms with Crippen molar-refractivity contribution in [3.63, 3.8) is 0 Å². The average molecular weight is 325 g/mol. The molecule has 5 atom stereocenters. The summed E-state index contributed by atoms with van der Waals surface area (Å²) in [6.07, 6.45) is 10.4. The predicted octanol–water partition coefficient (Wildman–Crippen LogP) is 5.17. The van der Waals surface area contributed by atoms with Gasteiger partial charge in [0.2, 0.25) is 0 Å². The molecule has 0 heterocycles. The van der Waals surface area contributed by atoms with Crippen molar-refractivity contribution >= 4 is 0 Å². The van der Waals surface area contributed by atoms with Crippen LogP contribution in [0.15, 0.2) is 0 Å². The summed E-state index contributed by atoms with van der Waals surface area (Å²) in [6, 6.07) is 0. The maximum absolute atomic E-state index is 11.2. The van der Waals surface area contributed by atoms with Crippen LogP contribution >= 0.6 is 0 Å². The lowest BCUT2D eigenvalue weighted by Gasteiger charge is -2.61. The Balaban J connectivity index is 2.13. The Kier molecular flexibility index (Phi) is 5.89. The van der Waals surface area contributed by atoms with Crippen LogP contribution in [0.25, 0.3) is 0 Å². The minimum absolute atomic E-state index is 0.292. The van der Waals surface area contributed by atoms with Gasteiger partial charge in [-0.3, -0.25) is 0 Å². The summed E-state index contributed by atoms with van der Waals surface area (Å²) in [5.41, 5.74) is 0.208. The first kappa shape index (κ1) is 19.2. The van der Waals surface area contributed by atoms with Crippen molar-refractivity contribution in [3.8, 4) is 0 Å². The number of hydrogen-bond acceptors (Lipinski definition) is 2. The minimum Gasteiger partial charge on any atom is -0.396 e. The second-order valence-corrected chi connectivity index (χ2v) is 9.90. The number of fused-ring (bicyclic) bond motifs is 1.